The highest BCUT2D eigenvalue weighted by atomic mass is 16.5. The van der Waals surface area contributed by atoms with Gasteiger partial charge in [0.1, 0.15) is 11.6 Å². The maximum absolute atomic E-state index is 13.9. The van der Waals surface area contributed by atoms with Gasteiger partial charge in [0.15, 0.2) is 0 Å². The van der Waals surface area contributed by atoms with Crippen molar-refractivity contribution in [2.24, 2.45) is 11.8 Å². The molecule has 0 saturated carbocycles. The molecule has 9 heteroatoms. The second-order valence-corrected chi connectivity index (χ2v) is 10.9. The van der Waals surface area contributed by atoms with Crippen molar-refractivity contribution in [3.8, 4) is 0 Å². The van der Waals surface area contributed by atoms with E-state index in [9.17, 15) is 19.5 Å². The molecule has 2 unspecified atom stereocenters. The quantitative estimate of drug-likeness (QED) is 0.432. The number of para-hydroxylation sites is 1. The highest BCUT2D eigenvalue weighted by molar-refractivity contribution is 6.05. The third kappa shape index (κ3) is 4.57. The van der Waals surface area contributed by atoms with E-state index in [1.807, 2.05) is 49.4 Å². The Morgan fingerprint density at radius 3 is 2.28 bits per heavy atom. The predicted molar refractivity (Wildman–Crippen MR) is 149 cm³/mol. The molecule has 0 radical (unpaired) electrons. The number of aliphatic hydroxyl groups is 1. The molecule has 3 amide bonds. The van der Waals surface area contributed by atoms with Crippen molar-refractivity contribution < 1.29 is 24.2 Å². The van der Waals surface area contributed by atoms with Crippen molar-refractivity contribution in [1.82, 2.24) is 4.90 Å². The Kier molecular flexibility index (Phi) is 7.39. The van der Waals surface area contributed by atoms with E-state index in [0.717, 1.165) is 18.8 Å². The molecule has 208 valence electrons. The van der Waals surface area contributed by atoms with Crippen LogP contribution in [0.5, 0.6) is 0 Å². The number of carbonyl (C=O) groups is 3. The van der Waals surface area contributed by atoms with Gasteiger partial charge in [0.05, 0.1) is 17.4 Å². The summed E-state index contributed by atoms with van der Waals surface area (Å²) in [4.78, 5) is 45.2. The van der Waals surface area contributed by atoms with E-state index in [1.54, 1.807) is 12.1 Å². The topological polar surface area (TPSA) is 111 Å². The number of hydrogen-bond acceptors (Lipinski definition) is 6. The zero-order valence-corrected chi connectivity index (χ0v) is 22.9. The molecular weight excluding hydrogens is 496 g/mol. The molecule has 3 N–H and O–H groups in total. The van der Waals surface area contributed by atoms with E-state index in [0.29, 0.717) is 30.6 Å². The van der Waals surface area contributed by atoms with Crippen LogP contribution in [0.2, 0.25) is 0 Å². The predicted octanol–water partition coefficient (Wildman–Crippen LogP) is 3.26. The second-order valence-electron chi connectivity index (χ2n) is 10.9. The summed E-state index contributed by atoms with van der Waals surface area (Å²) in [6.45, 7) is 7.92. The molecule has 3 saturated heterocycles. The van der Waals surface area contributed by atoms with Crippen molar-refractivity contribution in [2.75, 3.05) is 41.8 Å². The summed E-state index contributed by atoms with van der Waals surface area (Å²) >= 11 is 0. The number of nitrogens with one attached hydrogen (secondary N) is 2. The first kappa shape index (κ1) is 27.1. The summed E-state index contributed by atoms with van der Waals surface area (Å²) in [7, 11) is 0. The van der Waals surface area contributed by atoms with Gasteiger partial charge in [-0.25, -0.2) is 0 Å². The van der Waals surface area contributed by atoms with Crippen LogP contribution >= 0.6 is 0 Å². The first-order chi connectivity index (χ1) is 18.8. The minimum atomic E-state index is -1.11. The zero-order chi connectivity index (χ0) is 27.8. The fourth-order valence-corrected chi connectivity index (χ4v) is 6.91. The van der Waals surface area contributed by atoms with Gasteiger partial charge in [-0.2, -0.15) is 0 Å². The second kappa shape index (κ2) is 10.6. The summed E-state index contributed by atoms with van der Waals surface area (Å²) in [5.41, 5.74) is 0.378. The Morgan fingerprint density at radius 1 is 1.00 bits per heavy atom. The number of rotatable bonds is 10. The third-order valence-corrected chi connectivity index (χ3v) is 8.67. The SMILES string of the molecule is CCN(CC)c1ccc(NC(=O)C2N(CCCO)C(=O)[C@@H]3[C@H](C(=O)Nc4ccccc4)[C@]4(C)CCC23O4)cc1. The average Bonchev–Trinajstić information content (AvgIpc) is 3.50. The van der Waals surface area contributed by atoms with Crippen LogP contribution in [0.25, 0.3) is 0 Å². The van der Waals surface area contributed by atoms with Crippen LogP contribution in [-0.2, 0) is 19.1 Å². The van der Waals surface area contributed by atoms with Crippen LogP contribution < -0.4 is 15.5 Å². The third-order valence-electron chi connectivity index (χ3n) is 8.67. The van der Waals surface area contributed by atoms with Crippen molar-refractivity contribution >= 4 is 34.8 Å². The Hall–Kier alpha value is -3.43. The number of amides is 3. The lowest BCUT2D eigenvalue weighted by Gasteiger charge is -2.33. The van der Waals surface area contributed by atoms with Gasteiger partial charge in [-0.05, 0) is 76.4 Å². The summed E-state index contributed by atoms with van der Waals surface area (Å²) in [6.07, 6.45) is 1.40. The highest BCUT2D eigenvalue weighted by Gasteiger charge is 2.77. The first-order valence-electron chi connectivity index (χ1n) is 13.9. The lowest BCUT2D eigenvalue weighted by Crippen LogP contribution is -2.53. The molecule has 3 fully saturated rings. The van der Waals surface area contributed by atoms with Gasteiger partial charge < -0.3 is 30.3 Å². The van der Waals surface area contributed by atoms with E-state index in [4.69, 9.17) is 4.74 Å². The normalized spacial score (nSPS) is 28.9. The highest BCUT2D eigenvalue weighted by Crippen LogP contribution is 2.63. The first-order valence-corrected chi connectivity index (χ1v) is 13.9. The molecule has 1 spiro atoms. The molecule has 3 heterocycles. The Balaban J connectivity index is 1.44. The van der Waals surface area contributed by atoms with Crippen LogP contribution in [0.15, 0.2) is 54.6 Å². The minimum absolute atomic E-state index is 0.112. The lowest BCUT2D eigenvalue weighted by atomic mass is 9.66. The molecule has 2 aromatic rings. The van der Waals surface area contributed by atoms with E-state index in [1.165, 1.54) is 4.90 Å². The Labute approximate surface area is 229 Å². The number of aliphatic hydroxyl groups excluding tert-OH is 1. The summed E-state index contributed by atoms with van der Waals surface area (Å²) in [5.74, 6) is -2.40. The molecule has 3 aliphatic rings. The van der Waals surface area contributed by atoms with Gasteiger partial charge in [0.25, 0.3) is 0 Å². The van der Waals surface area contributed by atoms with Crippen molar-refractivity contribution in [3.05, 3.63) is 54.6 Å². The van der Waals surface area contributed by atoms with Crippen LogP contribution in [0.3, 0.4) is 0 Å². The molecule has 2 aromatic carbocycles. The van der Waals surface area contributed by atoms with E-state index < -0.39 is 29.1 Å². The van der Waals surface area contributed by atoms with Crippen LogP contribution in [0.1, 0.15) is 40.0 Å². The monoisotopic (exact) mass is 534 g/mol. The number of benzene rings is 2. The molecule has 2 bridgehead atoms. The maximum atomic E-state index is 13.9. The molecular formula is C30H38N4O5. The number of hydrogen-bond donors (Lipinski definition) is 3. The number of nitrogens with zero attached hydrogens (tertiary/aromatic N) is 2. The number of carbonyl (C=O) groups excluding carboxylic acids is 3. The lowest BCUT2D eigenvalue weighted by molar-refractivity contribution is -0.143. The minimum Gasteiger partial charge on any atom is -0.396 e. The molecule has 3 aliphatic heterocycles. The largest absolute Gasteiger partial charge is 0.396 e. The number of ether oxygens (including phenoxy) is 1. The molecule has 9 nitrogen and oxygen atoms in total. The van der Waals surface area contributed by atoms with E-state index >= 15 is 0 Å². The zero-order valence-electron chi connectivity index (χ0n) is 22.9. The molecule has 5 atom stereocenters. The summed E-state index contributed by atoms with van der Waals surface area (Å²) in [6, 6.07) is 15.9. The Morgan fingerprint density at radius 2 is 1.64 bits per heavy atom. The van der Waals surface area contributed by atoms with Crippen molar-refractivity contribution in [2.45, 2.75) is 57.3 Å². The van der Waals surface area contributed by atoms with E-state index in [2.05, 4.69) is 29.4 Å². The smallest absolute Gasteiger partial charge is 0.250 e. The van der Waals surface area contributed by atoms with Crippen LogP contribution in [0, 0.1) is 11.8 Å². The fraction of sp³-hybridized carbons (Fsp3) is 0.500. The van der Waals surface area contributed by atoms with Gasteiger partial charge in [0, 0.05) is 43.3 Å². The maximum Gasteiger partial charge on any atom is 0.250 e. The standard InChI is InChI=1S/C30H38N4O5/c1-4-33(5-2)22-14-12-21(13-15-22)32-27(37)25-30-17-16-29(3,39-30)23(24(30)28(38)34(25)18-9-19-35)26(36)31-20-10-7-6-8-11-20/h6-8,10-15,23-25,35H,4-5,9,16-19H2,1-3H3,(H,31,36)(H,32,37)/t23-,24+,25?,29+,30?/m1/s1. The summed E-state index contributed by atoms with van der Waals surface area (Å²) < 4.78 is 6.62. The Bertz CT molecular complexity index is 1220. The molecule has 0 aliphatic carbocycles. The van der Waals surface area contributed by atoms with E-state index in [-0.39, 0.29) is 30.9 Å². The molecule has 5 rings (SSSR count). The fourth-order valence-electron chi connectivity index (χ4n) is 6.91. The average molecular weight is 535 g/mol. The van der Waals surface area contributed by atoms with Gasteiger partial charge in [-0.15, -0.1) is 0 Å². The van der Waals surface area contributed by atoms with Gasteiger partial charge in [0.2, 0.25) is 17.7 Å². The van der Waals surface area contributed by atoms with Gasteiger partial charge >= 0.3 is 0 Å². The number of likely N-dealkylation sites (tertiary alicyclic amines) is 1. The number of fused-ring (bicyclic) bond motifs is 1. The molecule has 0 aromatic heterocycles. The van der Waals surface area contributed by atoms with Crippen LogP contribution in [-0.4, -0.2) is 71.2 Å². The summed E-state index contributed by atoms with van der Waals surface area (Å²) in [5, 5.41) is 15.5. The van der Waals surface area contributed by atoms with Gasteiger partial charge in [-0.1, -0.05) is 18.2 Å². The van der Waals surface area contributed by atoms with Crippen molar-refractivity contribution in [1.29, 1.82) is 0 Å². The van der Waals surface area contributed by atoms with Crippen molar-refractivity contribution in [3.63, 3.8) is 0 Å². The van der Waals surface area contributed by atoms with Crippen LogP contribution in [0.4, 0.5) is 17.1 Å². The molecule has 39 heavy (non-hydrogen) atoms. The number of anilines is 3. The van der Waals surface area contributed by atoms with Gasteiger partial charge in [-0.3, -0.25) is 14.4 Å².